The van der Waals surface area contributed by atoms with Gasteiger partial charge in [-0.3, -0.25) is 0 Å². The summed E-state index contributed by atoms with van der Waals surface area (Å²) in [5.74, 6) is -0.337. The number of carbonyl (C=O) groups is 1. The molecule has 2 aromatic rings. The summed E-state index contributed by atoms with van der Waals surface area (Å²) in [5.41, 5.74) is 0.442. The third-order valence-electron chi connectivity index (χ3n) is 2.16. The Labute approximate surface area is 109 Å². The molecule has 0 heterocycles. The van der Waals surface area contributed by atoms with E-state index in [-0.39, 0.29) is 32.2 Å². The van der Waals surface area contributed by atoms with Crippen molar-refractivity contribution in [2.24, 2.45) is 0 Å². The summed E-state index contributed by atoms with van der Waals surface area (Å²) in [7, 11) is 0. The van der Waals surface area contributed by atoms with E-state index >= 15 is 0 Å². The van der Waals surface area contributed by atoms with Crippen molar-refractivity contribution in [3.63, 3.8) is 0 Å². The predicted molar refractivity (Wildman–Crippen MR) is 60.1 cm³/mol. The van der Waals surface area contributed by atoms with Crippen LogP contribution in [0.2, 0.25) is 5.02 Å². The first kappa shape index (κ1) is 10.9. The number of hydrogen-bond acceptors (Lipinski definition) is 2. The number of hydrogen-bond donors (Lipinski definition) is 0. The third kappa shape index (κ3) is 2.15. The van der Waals surface area contributed by atoms with Gasteiger partial charge in [0.1, 0.15) is 0 Å². The van der Waals surface area contributed by atoms with Crippen LogP contribution < -0.4 is 0 Å². The SMILES string of the molecule is O=C([O][Tl])c1cc2ccccc2cc1Cl. The molecular weight excluding hydrogens is 404 g/mol. The van der Waals surface area contributed by atoms with Crippen LogP contribution in [0.15, 0.2) is 36.4 Å². The maximum atomic E-state index is 11.4. The van der Waals surface area contributed by atoms with Gasteiger partial charge in [0.25, 0.3) is 0 Å². The summed E-state index contributed by atoms with van der Waals surface area (Å²) in [6.45, 7) is 0. The van der Waals surface area contributed by atoms with Crippen LogP contribution in [-0.2, 0) is 2.69 Å². The van der Waals surface area contributed by atoms with E-state index < -0.39 is 0 Å². The zero-order chi connectivity index (χ0) is 10.8. The second kappa shape index (κ2) is 4.49. The van der Waals surface area contributed by atoms with E-state index in [0.717, 1.165) is 10.8 Å². The number of halogens is 1. The Morgan fingerprint density at radius 3 is 2.40 bits per heavy atom. The Morgan fingerprint density at radius 1 is 1.20 bits per heavy atom. The maximum absolute atomic E-state index is 11.4. The van der Waals surface area contributed by atoms with Gasteiger partial charge in [-0.25, -0.2) is 0 Å². The molecule has 0 bridgehead atoms. The van der Waals surface area contributed by atoms with Crippen molar-refractivity contribution >= 4 is 54.6 Å². The third-order valence-corrected chi connectivity index (χ3v) is 3.31. The molecule has 2 nitrogen and oxygen atoms in total. The van der Waals surface area contributed by atoms with E-state index in [0.29, 0.717) is 10.6 Å². The van der Waals surface area contributed by atoms with E-state index in [9.17, 15) is 4.79 Å². The number of benzene rings is 2. The molecular formula is C11H6ClO2Tl. The van der Waals surface area contributed by atoms with Crippen molar-refractivity contribution in [2.45, 2.75) is 0 Å². The van der Waals surface area contributed by atoms with Crippen LogP contribution in [0.4, 0.5) is 0 Å². The van der Waals surface area contributed by atoms with Gasteiger partial charge in [0.2, 0.25) is 0 Å². The van der Waals surface area contributed by atoms with Gasteiger partial charge in [-0.15, -0.1) is 0 Å². The van der Waals surface area contributed by atoms with Crippen LogP contribution in [0.3, 0.4) is 0 Å². The second-order valence-corrected chi connectivity index (χ2v) is 4.41. The fraction of sp³-hybridized carbons (Fsp3) is 0. The quantitative estimate of drug-likeness (QED) is 0.677. The van der Waals surface area contributed by atoms with E-state index in [1.165, 1.54) is 0 Å². The molecule has 0 aromatic heterocycles. The topological polar surface area (TPSA) is 26.3 Å². The zero-order valence-electron chi connectivity index (χ0n) is 7.74. The van der Waals surface area contributed by atoms with Gasteiger partial charge in [0.15, 0.2) is 0 Å². The Morgan fingerprint density at radius 2 is 1.80 bits per heavy atom. The van der Waals surface area contributed by atoms with E-state index in [4.69, 9.17) is 14.3 Å². The van der Waals surface area contributed by atoms with Gasteiger partial charge in [0, 0.05) is 0 Å². The first-order valence-electron chi connectivity index (χ1n) is 4.31. The first-order chi connectivity index (χ1) is 7.22. The second-order valence-electron chi connectivity index (χ2n) is 3.08. The summed E-state index contributed by atoms with van der Waals surface area (Å²) in [4.78, 5) is 11.4. The molecule has 0 unspecified atom stereocenters. The molecule has 0 fully saturated rings. The monoisotopic (exact) mass is 410 g/mol. The van der Waals surface area contributed by atoms with Crippen LogP contribution in [-0.4, -0.2) is 32.2 Å². The van der Waals surface area contributed by atoms with Gasteiger partial charge in [0.05, 0.1) is 0 Å². The van der Waals surface area contributed by atoms with Crippen LogP contribution in [0.25, 0.3) is 10.8 Å². The van der Waals surface area contributed by atoms with Crippen molar-refractivity contribution in [2.75, 3.05) is 0 Å². The molecule has 4 heteroatoms. The minimum absolute atomic E-state index is 0.185. The molecule has 0 atom stereocenters. The summed E-state index contributed by atoms with van der Waals surface area (Å²) >= 11 is 6.18. The molecule has 2 rings (SSSR count). The molecule has 0 aliphatic heterocycles. The number of rotatable bonds is 1. The van der Waals surface area contributed by atoms with Gasteiger partial charge in [-0.05, 0) is 0 Å². The standard InChI is InChI=1S/C11H7ClO2.Tl/c12-10-6-8-4-2-1-3-7(8)5-9(10)11(13)14;/h1-6H,(H,13,14);/q;+1/p-1. The molecule has 15 heavy (non-hydrogen) atoms. The summed E-state index contributed by atoms with van der Waals surface area (Å²) in [6, 6.07) is 11.3. The van der Waals surface area contributed by atoms with E-state index in [2.05, 4.69) is 0 Å². The Balaban J connectivity index is 2.67. The Kier molecular flexibility index (Phi) is 3.26. The summed E-state index contributed by atoms with van der Waals surface area (Å²) in [6.07, 6.45) is 0. The first-order valence-corrected chi connectivity index (χ1v) is 6.53. The Bertz CT molecular complexity index is 525. The molecule has 0 N–H and O–H groups in total. The molecule has 0 spiro atoms. The molecule has 0 saturated heterocycles. The normalized spacial score (nSPS) is 10.1. The van der Waals surface area contributed by atoms with E-state index in [1.807, 2.05) is 24.3 Å². The average molecular weight is 410 g/mol. The molecule has 0 saturated carbocycles. The minimum atomic E-state index is -0.337. The van der Waals surface area contributed by atoms with Crippen LogP contribution in [0, 0.1) is 0 Å². The molecule has 0 aliphatic rings. The molecule has 0 aliphatic carbocycles. The van der Waals surface area contributed by atoms with Crippen molar-refractivity contribution in [1.29, 1.82) is 0 Å². The van der Waals surface area contributed by atoms with Gasteiger partial charge >= 0.3 is 109 Å². The Hall–Kier alpha value is -0.618. The van der Waals surface area contributed by atoms with Crippen molar-refractivity contribution in [3.8, 4) is 0 Å². The van der Waals surface area contributed by atoms with Crippen LogP contribution in [0.1, 0.15) is 10.4 Å². The average Bonchev–Trinajstić information content (AvgIpc) is 2.27. The van der Waals surface area contributed by atoms with Crippen LogP contribution in [0.5, 0.6) is 0 Å². The van der Waals surface area contributed by atoms with Gasteiger partial charge in [-0.1, -0.05) is 0 Å². The van der Waals surface area contributed by atoms with Gasteiger partial charge < -0.3 is 0 Å². The molecule has 72 valence electrons. The van der Waals surface area contributed by atoms with Crippen molar-refractivity contribution < 1.29 is 7.48 Å². The predicted octanol–water partition coefficient (Wildman–Crippen LogP) is 2.73. The number of carbonyl (C=O) groups excluding carboxylic acids is 1. The molecule has 0 amide bonds. The van der Waals surface area contributed by atoms with Gasteiger partial charge in [-0.2, -0.15) is 0 Å². The summed E-state index contributed by atoms with van der Waals surface area (Å²) < 4.78 is 4.81. The molecule has 2 aromatic carbocycles. The fourth-order valence-corrected chi connectivity index (χ4v) is 2.18. The van der Waals surface area contributed by atoms with Crippen molar-refractivity contribution in [1.82, 2.24) is 0 Å². The van der Waals surface area contributed by atoms with Crippen LogP contribution >= 0.6 is 11.6 Å². The van der Waals surface area contributed by atoms with Crippen molar-refractivity contribution in [3.05, 3.63) is 47.0 Å². The molecule has 0 radical (unpaired) electrons. The van der Waals surface area contributed by atoms with E-state index in [1.54, 1.807) is 12.1 Å². The fourth-order valence-electron chi connectivity index (χ4n) is 1.43. The summed E-state index contributed by atoms with van der Waals surface area (Å²) in [5, 5.41) is 2.46. The zero-order valence-corrected chi connectivity index (χ0v) is 13.0. The number of fused-ring (bicyclic) bond motifs is 1.